The van der Waals surface area contributed by atoms with Crippen LogP contribution in [0.1, 0.15) is 80.1 Å². The van der Waals surface area contributed by atoms with Crippen LogP contribution in [0.5, 0.6) is 0 Å². The van der Waals surface area contributed by atoms with Gasteiger partial charge in [-0.05, 0) is 37.4 Å². The van der Waals surface area contributed by atoms with Crippen molar-refractivity contribution in [1.29, 1.82) is 0 Å². The Morgan fingerprint density at radius 1 is 0.536 bits per heavy atom. The maximum absolute atomic E-state index is 13.6. The van der Waals surface area contributed by atoms with Gasteiger partial charge in [-0.3, -0.25) is 52.7 Å². The second-order valence-corrected chi connectivity index (χ2v) is 14.4. The van der Waals surface area contributed by atoms with Crippen LogP contribution in [0.3, 0.4) is 0 Å². The SMILES string of the molecule is CCCC(NC(=O)C(CSC)NC(=O)C(NC(=O)C(NC(=O)C(CCC(=O)O)NC(=O)C(CCC(=O)O)NC(C)=O)C(C)C)C(C)C)C(=O)C(=O)NCC(=O)O. The molecule has 0 saturated carbocycles. The first-order chi connectivity index (χ1) is 26.0. The lowest BCUT2D eigenvalue weighted by atomic mass is 9.98. The van der Waals surface area contributed by atoms with Crippen molar-refractivity contribution >= 4 is 76.8 Å². The second kappa shape index (κ2) is 25.7. The molecule has 0 aliphatic carbocycles. The third-order valence-electron chi connectivity index (χ3n) is 7.92. The highest BCUT2D eigenvalue weighted by molar-refractivity contribution is 7.98. The van der Waals surface area contributed by atoms with E-state index in [1.165, 1.54) is 0 Å². The lowest BCUT2D eigenvalue weighted by Gasteiger charge is -2.30. The summed E-state index contributed by atoms with van der Waals surface area (Å²) in [6.45, 7) is 8.27. The number of hydrogen-bond donors (Lipinski definition) is 10. The van der Waals surface area contributed by atoms with Crippen molar-refractivity contribution in [2.24, 2.45) is 11.8 Å². The number of carboxylic acid groups (broad SMARTS) is 3. The highest BCUT2D eigenvalue weighted by Crippen LogP contribution is 2.11. The molecule has 0 aromatic carbocycles. The number of hydrogen-bond acceptors (Lipinski definition) is 12. The van der Waals surface area contributed by atoms with Gasteiger partial charge in [0, 0.05) is 25.5 Å². The molecule has 7 amide bonds. The van der Waals surface area contributed by atoms with Gasteiger partial charge in [-0.15, -0.1) is 0 Å². The molecule has 56 heavy (non-hydrogen) atoms. The zero-order chi connectivity index (χ0) is 43.3. The summed E-state index contributed by atoms with van der Waals surface area (Å²) in [5.41, 5.74) is 0. The third-order valence-corrected chi connectivity index (χ3v) is 8.58. The van der Waals surface area contributed by atoms with Gasteiger partial charge in [-0.1, -0.05) is 41.0 Å². The average molecular weight is 818 g/mol. The number of amides is 7. The fourth-order valence-corrected chi connectivity index (χ4v) is 5.57. The normalized spacial score (nSPS) is 14.1. The summed E-state index contributed by atoms with van der Waals surface area (Å²) in [6, 6.07) is -8.16. The molecule has 0 spiro atoms. The fraction of sp³-hybridized carbons (Fsp3) is 0.676. The van der Waals surface area contributed by atoms with Crippen molar-refractivity contribution in [3.05, 3.63) is 0 Å². The summed E-state index contributed by atoms with van der Waals surface area (Å²) in [4.78, 5) is 137. The lowest BCUT2D eigenvalue weighted by Crippen LogP contribution is -2.61. The van der Waals surface area contributed by atoms with Crippen LogP contribution in [0.4, 0.5) is 0 Å². The predicted molar refractivity (Wildman–Crippen MR) is 200 cm³/mol. The summed E-state index contributed by atoms with van der Waals surface area (Å²) < 4.78 is 0. The van der Waals surface area contributed by atoms with Crippen LogP contribution in [0, 0.1) is 11.8 Å². The van der Waals surface area contributed by atoms with Gasteiger partial charge in [0.1, 0.15) is 36.8 Å². The molecule has 6 unspecified atom stereocenters. The molecule has 0 aliphatic rings. The van der Waals surface area contributed by atoms with Gasteiger partial charge in [-0.2, -0.15) is 11.8 Å². The van der Waals surface area contributed by atoms with Crippen molar-refractivity contribution in [1.82, 2.24) is 37.2 Å². The number of aliphatic carboxylic acids is 3. The number of carbonyl (C=O) groups excluding carboxylic acids is 8. The number of carboxylic acids is 3. The molecule has 0 heterocycles. The van der Waals surface area contributed by atoms with Crippen LogP contribution < -0.4 is 37.2 Å². The Morgan fingerprint density at radius 3 is 1.38 bits per heavy atom. The van der Waals surface area contributed by atoms with Crippen LogP contribution in [0.15, 0.2) is 0 Å². The standard InChI is InChI=1S/C34H55N7O14S/c1-8-9-19(28(49)34(55)35-14-25(47)48)37-31(52)22(15-56-7)39-32(53)26(16(2)3)41-33(54)27(17(4)5)40-30(51)21(11-13-24(45)46)38-29(50)20(36-18(6)42)10-12-23(43)44/h16-17,19-22,26-27H,8-15H2,1-7H3,(H,35,55)(H,36,42)(H,37,52)(H,38,50)(H,39,53)(H,40,51)(H,41,54)(H,43,44)(H,45,46)(H,47,48). The van der Waals surface area contributed by atoms with Crippen LogP contribution in [-0.2, 0) is 52.7 Å². The Morgan fingerprint density at radius 2 is 0.946 bits per heavy atom. The zero-order valence-electron chi connectivity index (χ0n) is 32.5. The van der Waals surface area contributed by atoms with Gasteiger partial charge in [0.25, 0.3) is 5.91 Å². The van der Waals surface area contributed by atoms with Crippen molar-refractivity contribution in [3.63, 3.8) is 0 Å². The minimum absolute atomic E-state index is 0.00180. The van der Waals surface area contributed by atoms with E-state index < -0.39 is 139 Å². The second-order valence-electron chi connectivity index (χ2n) is 13.4. The Hall–Kier alpha value is -5.28. The summed E-state index contributed by atoms with van der Waals surface area (Å²) in [5, 5.41) is 43.7. The summed E-state index contributed by atoms with van der Waals surface area (Å²) >= 11 is 1.16. The first kappa shape index (κ1) is 50.7. The molecule has 0 bridgehead atoms. The quantitative estimate of drug-likeness (QED) is 0.0397. The zero-order valence-corrected chi connectivity index (χ0v) is 33.3. The lowest BCUT2D eigenvalue weighted by molar-refractivity contribution is -0.143. The molecule has 0 fully saturated rings. The molecule has 316 valence electrons. The van der Waals surface area contributed by atoms with Gasteiger partial charge >= 0.3 is 17.9 Å². The van der Waals surface area contributed by atoms with E-state index in [9.17, 15) is 57.8 Å². The number of Topliss-reactive ketones (excluding diaryl/α,β-unsaturated/α-hetero) is 1. The monoisotopic (exact) mass is 817 g/mol. The van der Waals surface area contributed by atoms with E-state index in [4.69, 9.17) is 10.2 Å². The molecule has 10 N–H and O–H groups in total. The summed E-state index contributed by atoms with van der Waals surface area (Å²) in [5.74, 6) is -12.6. The largest absolute Gasteiger partial charge is 0.481 e. The van der Waals surface area contributed by atoms with Crippen LogP contribution >= 0.6 is 11.8 Å². The number of rotatable bonds is 27. The van der Waals surface area contributed by atoms with Gasteiger partial charge in [0.15, 0.2) is 0 Å². The maximum Gasteiger partial charge on any atom is 0.322 e. The number of thioether (sulfide) groups is 1. The number of nitrogens with one attached hydrogen (secondary N) is 7. The molecule has 0 rings (SSSR count). The van der Waals surface area contributed by atoms with Crippen molar-refractivity contribution < 1.29 is 68.1 Å². The molecule has 0 saturated heterocycles. The minimum atomic E-state index is -1.55. The number of carbonyl (C=O) groups is 11. The van der Waals surface area contributed by atoms with E-state index in [0.29, 0.717) is 6.42 Å². The number of ketones is 1. The molecule has 0 aliphatic heterocycles. The average Bonchev–Trinajstić information content (AvgIpc) is 3.10. The molecule has 21 nitrogen and oxygen atoms in total. The van der Waals surface area contributed by atoms with Crippen molar-refractivity contribution in [3.8, 4) is 0 Å². The predicted octanol–water partition coefficient (Wildman–Crippen LogP) is -2.11. The highest BCUT2D eigenvalue weighted by atomic mass is 32.2. The molecular weight excluding hydrogens is 762 g/mol. The molecule has 0 aromatic rings. The van der Waals surface area contributed by atoms with E-state index in [0.717, 1.165) is 18.7 Å². The smallest absolute Gasteiger partial charge is 0.322 e. The van der Waals surface area contributed by atoms with E-state index in [1.54, 1.807) is 40.9 Å². The van der Waals surface area contributed by atoms with Gasteiger partial charge in [0.2, 0.25) is 41.2 Å². The van der Waals surface area contributed by atoms with Gasteiger partial charge in [-0.25, -0.2) is 0 Å². The molecule has 22 heteroatoms. The molecule has 0 radical (unpaired) electrons. The first-order valence-electron chi connectivity index (χ1n) is 17.8. The maximum atomic E-state index is 13.6. The molecular formula is C34H55N7O14S. The topological polar surface area (TPSA) is 333 Å². The Balaban J connectivity index is 6.14. The minimum Gasteiger partial charge on any atom is -0.481 e. The Labute approximate surface area is 328 Å². The van der Waals surface area contributed by atoms with Crippen molar-refractivity contribution in [2.75, 3.05) is 18.6 Å². The van der Waals surface area contributed by atoms with E-state index >= 15 is 0 Å². The van der Waals surface area contributed by atoms with Crippen LogP contribution in [0.25, 0.3) is 0 Å². The van der Waals surface area contributed by atoms with E-state index in [1.807, 2.05) is 5.32 Å². The van der Waals surface area contributed by atoms with Gasteiger partial charge in [0.05, 0.1) is 6.04 Å². The Kier molecular flexibility index (Phi) is 23.3. The Bertz CT molecular complexity index is 1460. The first-order valence-corrected chi connectivity index (χ1v) is 19.2. The summed E-state index contributed by atoms with van der Waals surface area (Å²) in [6.07, 6.45) is 0.128. The fourth-order valence-electron chi connectivity index (χ4n) is 5.00. The van der Waals surface area contributed by atoms with Gasteiger partial charge < -0.3 is 52.5 Å². The van der Waals surface area contributed by atoms with Crippen LogP contribution in [-0.4, -0.2) is 135 Å². The van der Waals surface area contributed by atoms with Crippen molar-refractivity contribution in [2.45, 2.75) is 116 Å². The molecule has 6 atom stereocenters. The van der Waals surface area contributed by atoms with E-state index in [2.05, 4.69) is 31.9 Å². The third kappa shape index (κ3) is 19.4. The van der Waals surface area contributed by atoms with Crippen LogP contribution in [0.2, 0.25) is 0 Å². The van der Waals surface area contributed by atoms with E-state index in [-0.39, 0.29) is 18.6 Å². The summed E-state index contributed by atoms with van der Waals surface area (Å²) in [7, 11) is 0. The molecule has 0 aromatic heterocycles. The highest BCUT2D eigenvalue weighted by Gasteiger charge is 2.36.